The lowest BCUT2D eigenvalue weighted by molar-refractivity contribution is 0.297. The van der Waals surface area contributed by atoms with Crippen molar-refractivity contribution in [2.45, 2.75) is 51.0 Å². The maximum atomic E-state index is 5.63. The number of furan rings is 1. The molecule has 90 valence electrons. The standard InChI is InChI=1S/C13H22N2O/c14-15-13(9-12-6-7-16-10-12)8-11-4-2-1-3-5-11/h6-7,10-11,13,15H,1-5,8-9,14H2. The summed E-state index contributed by atoms with van der Waals surface area (Å²) in [6.07, 6.45) is 12.7. The zero-order valence-electron chi connectivity index (χ0n) is 9.82. The molecule has 1 aliphatic rings. The van der Waals surface area contributed by atoms with Crippen LogP contribution in [0.3, 0.4) is 0 Å². The summed E-state index contributed by atoms with van der Waals surface area (Å²) >= 11 is 0. The number of hydrogen-bond acceptors (Lipinski definition) is 3. The van der Waals surface area contributed by atoms with Crippen molar-refractivity contribution < 1.29 is 4.42 Å². The van der Waals surface area contributed by atoms with Crippen molar-refractivity contribution in [2.75, 3.05) is 0 Å². The molecule has 0 spiro atoms. The van der Waals surface area contributed by atoms with Gasteiger partial charge < -0.3 is 4.42 Å². The number of rotatable bonds is 5. The molecule has 1 unspecified atom stereocenters. The van der Waals surface area contributed by atoms with Crippen LogP contribution in [-0.2, 0) is 6.42 Å². The number of nitrogens with two attached hydrogens (primary N) is 1. The average molecular weight is 222 g/mol. The fourth-order valence-corrected chi connectivity index (χ4v) is 2.73. The van der Waals surface area contributed by atoms with Gasteiger partial charge in [0.2, 0.25) is 0 Å². The SMILES string of the molecule is NNC(Cc1ccoc1)CC1CCCCC1. The molecule has 0 aliphatic heterocycles. The van der Waals surface area contributed by atoms with Crippen molar-refractivity contribution in [2.24, 2.45) is 11.8 Å². The Morgan fingerprint density at radius 3 is 2.81 bits per heavy atom. The van der Waals surface area contributed by atoms with E-state index in [4.69, 9.17) is 10.3 Å². The Morgan fingerprint density at radius 1 is 1.38 bits per heavy atom. The van der Waals surface area contributed by atoms with Crippen molar-refractivity contribution in [1.82, 2.24) is 5.43 Å². The molecular weight excluding hydrogens is 200 g/mol. The summed E-state index contributed by atoms with van der Waals surface area (Å²) in [5.41, 5.74) is 4.18. The van der Waals surface area contributed by atoms with E-state index in [0.29, 0.717) is 6.04 Å². The Labute approximate surface area is 97.4 Å². The zero-order valence-corrected chi connectivity index (χ0v) is 9.82. The number of hydrogen-bond donors (Lipinski definition) is 2. The Bertz CT molecular complexity index is 278. The molecule has 3 heteroatoms. The second-order valence-corrected chi connectivity index (χ2v) is 4.94. The van der Waals surface area contributed by atoms with Gasteiger partial charge in [-0.3, -0.25) is 11.3 Å². The highest BCUT2D eigenvalue weighted by atomic mass is 16.3. The molecule has 3 nitrogen and oxygen atoms in total. The fourth-order valence-electron chi connectivity index (χ4n) is 2.73. The third-order valence-corrected chi connectivity index (χ3v) is 3.64. The topological polar surface area (TPSA) is 51.2 Å². The van der Waals surface area contributed by atoms with E-state index in [9.17, 15) is 0 Å². The van der Waals surface area contributed by atoms with E-state index in [0.717, 1.165) is 12.3 Å². The maximum Gasteiger partial charge on any atom is 0.0935 e. The fraction of sp³-hybridized carbons (Fsp3) is 0.692. The van der Waals surface area contributed by atoms with Gasteiger partial charge in [-0.05, 0) is 30.4 Å². The Morgan fingerprint density at radius 2 is 2.19 bits per heavy atom. The lowest BCUT2D eigenvalue weighted by Gasteiger charge is -2.25. The van der Waals surface area contributed by atoms with Gasteiger partial charge >= 0.3 is 0 Å². The highest BCUT2D eigenvalue weighted by molar-refractivity contribution is 5.07. The summed E-state index contributed by atoms with van der Waals surface area (Å²) in [5, 5.41) is 0. The molecule has 0 radical (unpaired) electrons. The van der Waals surface area contributed by atoms with Crippen LogP contribution in [0.4, 0.5) is 0 Å². The van der Waals surface area contributed by atoms with Gasteiger partial charge in [0.25, 0.3) is 0 Å². The highest BCUT2D eigenvalue weighted by Gasteiger charge is 2.18. The van der Waals surface area contributed by atoms with Crippen LogP contribution >= 0.6 is 0 Å². The normalized spacial score (nSPS) is 19.8. The molecule has 0 bridgehead atoms. The minimum atomic E-state index is 0.390. The van der Waals surface area contributed by atoms with Gasteiger partial charge in [0.1, 0.15) is 0 Å². The summed E-state index contributed by atoms with van der Waals surface area (Å²) < 4.78 is 5.08. The van der Waals surface area contributed by atoms with Crippen molar-refractivity contribution in [1.29, 1.82) is 0 Å². The number of nitrogens with one attached hydrogen (secondary N) is 1. The van der Waals surface area contributed by atoms with Crippen LogP contribution in [0.5, 0.6) is 0 Å². The predicted molar refractivity (Wildman–Crippen MR) is 64.7 cm³/mol. The van der Waals surface area contributed by atoms with Crippen molar-refractivity contribution >= 4 is 0 Å². The maximum absolute atomic E-state index is 5.63. The van der Waals surface area contributed by atoms with Crippen LogP contribution in [-0.4, -0.2) is 6.04 Å². The molecule has 1 aromatic rings. The highest BCUT2D eigenvalue weighted by Crippen LogP contribution is 2.27. The molecule has 0 amide bonds. The summed E-state index contributed by atoms with van der Waals surface area (Å²) in [4.78, 5) is 0. The predicted octanol–water partition coefficient (Wildman–Crippen LogP) is 2.62. The minimum Gasteiger partial charge on any atom is -0.472 e. The monoisotopic (exact) mass is 222 g/mol. The van der Waals surface area contributed by atoms with Gasteiger partial charge in [-0.2, -0.15) is 0 Å². The largest absolute Gasteiger partial charge is 0.472 e. The van der Waals surface area contributed by atoms with Crippen LogP contribution in [0.25, 0.3) is 0 Å². The van der Waals surface area contributed by atoms with Gasteiger partial charge in [-0.1, -0.05) is 32.1 Å². The van der Waals surface area contributed by atoms with E-state index in [1.807, 2.05) is 12.3 Å². The first-order valence-electron chi connectivity index (χ1n) is 6.35. The molecule has 1 fully saturated rings. The van der Waals surface area contributed by atoms with E-state index in [-0.39, 0.29) is 0 Å². The second kappa shape index (κ2) is 6.06. The summed E-state index contributed by atoms with van der Waals surface area (Å²) in [5.74, 6) is 6.49. The summed E-state index contributed by atoms with van der Waals surface area (Å²) in [6.45, 7) is 0. The lowest BCUT2D eigenvalue weighted by atomic mass is 9.84. The summed E-state index contributed by atoms with van der Waals surface area (Å²) in [6, 6.07) is 2.41. The third-order valence-electron chi connectivity index (χ3n) is 3.64. The minimum absolute atomic E-state index is 0.390. The molecule has 1 aromatic heterocycles. The van der Waals surface area contributed by atoms with Gasteiger partial charge in [0, 0.05) is 6.04 Å². The van der Waals surface area contributed by atoms with Gasteiger partial charge in [0.05, 0.1) is 12.5 Å². The second-order valence-electron chi connectivity index (χ2n) is 4.94. The van der Waals surface area contributed by atoms with E-state index < -0.39 is 0 Å². The first-order valence-corrected chi connectivity index (χ1v) is 6.35. The summed E-state index contributed by atoms with van der Waals surface area (Å²) in [7, 11) is 0. The molecule has 1 aliphatic carbocycles. The quantitative estimate of drug-likeness (QED) is 0.595. The van der Waals surface area contributed by atoms with Gasteiger partial charge in [0.15, 0.2) is 0 Å². The number of hydrazine groups is 1. The Balaban J connectivity index is 1.80. The van der Waals surface area contributed by atoms with Crippen LogP contribution in [0.15, 0.2) is 23.0 Å². The molecule has 0 saturated heterocycles. The van der Waals surface area contributed by atoms with Crippen LogP contribution in [0.2, 0.25) is 0 Å². The first kappa shape index (κ1) is 11.7. The van der Waals surface area contributed by atoms with E-state index >= 15 is 0 Å². The van der Waals surface area contributed by atoms with Crippen molar-refractivity contribution in [3.8, 4) is 0 Å². The van der Waals surface area contributed by atoms with Crippen molar-refractivity contribution in [3.05, 3.63) is 24.2 Å². The first-order chi connectivity index (χ1) is 7.88. The molecule has 2 rings (SSSR count). The molecule has 16 heavy (non-hydrogen) atoms. The third kappa shape index (κ3) is 3.35. The molecule has 1 atom stereocenters. The molecule has 1 saturated carbocycles. The molecular formula is C13H22N2O. The average Bonchev–Trinajstić information content (AvgIpc) is 2.82. The molecule has 1 heterocycles. The molecule has 3 N–H and O–H groups in total. The van der Waals surface area contributed by atoms with E-state index in [2.05, 4.69) is 5.43 Å². The smallest absolute Gasteiger partial charge is 0.0935 e. The van der Waals surface area contributed by atoms with Gasteiger partial charge in [-0.25, -0.2) is 0 Å². The lowest BCUT2D eigenvalue weighted by Crippen LogP contribution is -2.38. The Kier molecular flexibility index (Phi) is 4.43. The van der Waals surface area contributed by atoms with Crippen molar-refractivity contribution in [3.63, 3.8) is 0 Å². The Hall–Kier alpha value is -0.800. The zero-order chi connectivity index (χ0) is 11.2. The van der Waals surface area contributed by atoms with E-state index in [1.165, 1.54) is 44.1 Å². The van der Waals surface area contributed by atoms with Crippen LogP contribution < -0.4 is 11.3 Å². The van der Waals surface area contributed by atoms with Crippen LogP contribution in [0.1, 0.15) is 44.1 Å². The van der Waals surface area contributed by atoms with Crippen LogP contribution in [0, 0.1) is 5.92 Å². The van der Waals surface area contributed by atoms with Gasteiger partial charge in [-0.15, -0.1) is 0 Å². The molecule has 0 aromatic carbocycles. The van der Waals surface area contributed by atoms with E-state index in [1.54, 1.807) is 6.26 Å².